The molecule has 0 bridgehead atoms. The van der Waals surface area contributed by atoms with E-state index in [1.165, 1.54) is 54.5 Å². The Morgan fingerprint density at radius 1 is 1.13 bits per heavy atom. The predicted octanol–water partition coefficient (Wildman–Crippen LogP) is 6.20. The summed E-state index contributed by atoms with van der Waals surface area (Å²) in [6.45, 7) is -1.69. The van der Waals surface area contributed by atoms with E-state index in [1.807, 2.05) is 11.9 Å². The first-order valence-corrected chi connectivity index (χ1v) is 18.1. The quantitative estimate of drug-likeness (QED) is 0.200. The van der Waals surface area contributed by atoms with Crippen molar-refractivity contribution in [1.82, 2.24) is 9.29 Å². The molecule has 0 spiro atoms. The average molecular weight is 731 g/mol. The maximum atomic E-state index is 13.9. The zero-order valence-electron chi connectivity index (χ0n) is 25.1. The Bertz CT molecular complexity index is 1730. The molecule has 1 aliphatic carbocycles. The van der Waals surface area contributed by atoms with Gasteiger partial charge in [0, 0.05) is 31.6 Å². The van der Waals surface area contributed by atoms with Crippen LogP contribution in [-0.4, -0.2) is 74.8 Å². The molecule has 10 nitrogen and oxygen atoms in total. The molecule has 1 saturated carbocycles. The first-order chi connectivity index (χ1) is 22.5. The number of sulfonamides is 1. The minimum atomic E-state index is -4.12. The molecule has 0 radical (unpaired) electrons. The van der Waals surface area contributed by atoms with Crippen molar-refractivity contribution in [2.75, 3.05) is 43.3 Å². The number of likely N-dealkylation sites (N-methyl/N-ethyl adjacent to an activating group) is 1. The normalized spacial score (nSPS) is 18.9. The molecule has 3 aromatic rings. The van der Waals surface area contributed by atoms with E-state index < -0.39 is 34.7 Å². The van der Waals surface area contributed by atoms with Gasteiger partial charge in [-0.1, -0.05) is 29.3 Å². The van der Waals surface area contributed by atoms with Crippen LogP contribution in [0.3, 0.4) is 0 Å². The minimum Gasteiger partial charge on any atom is -0.490 e. The molecule has 2 fully saturated rings. The summed E-state index contributed by atoms with van der Waals surface area (Å²) in [7, 11) is -2.28. The van der Waals surface area contributed by atoms with E-state index in [1.54, 1.807) is 6.07 Å². The summed E-state index contributed by atoms with van der Waals surface area (Å²) >= 11 is 14.1. The van der Waals surface area contributed by atoms with Crippen LogP contribution in [0.15, 0.2) is 53.7 Å². The van der Waals surface area contributed by atoms with Gasteiger partial charge in [0.2, 0.25) is 10.0 Å². The smallest absolute Gasteiger partial charge is 0.387 e. The number of ether oxygens (including phenoxy) is 4. The van der Waals surface area contributed by atoms with Gasteiger partial charge < -0.3 is 23.8 Å². The number of esters is 1. The first kappa shape index (κ1) is 33.8. The van der Waals surface area contributed by atoms with E-state index in [2.05, 4.69) is 9.72 Å². The van der Waals surface area contributed by atoms with Crippen molar-refractivity contribution in [2.24, 2.45) is 5.92 Å². The molecule has 2 unspecified atom stereocenters. The van der Waals surface area contributed by atoms with Crippen LogP contribution in [0.25, 0.3) is 0 Å². The van der Waals surface area contributed by atoms with Gasteiger partial charge in [-0.05, 0) is 60.2 Å². The predicted molar refractivity (Wildman–Crippen MR) is 173 cm³/mol. The summed E-state index contributed by atoms with van der Waals surface area (Å²) in [5, 5.41) is 0.451. The molecule has 6 rings (SSSR count). The maximum absolute atomic E-state index is 13.9. The second-order valence-corrected chi connectivity index (χ2v) is 15.1. The number of hydrogen-bond acceptors (Lipinski definition) is 10. The van der Waals surface area contributed by atoms with Crippen molar-refractivity contribution in [3.8, 4) is 17.2 Å². The summed E-state index contributed by atoms with van der Waals surface area (Å²) in [5.41, 5.74) is 1.45. The number of nitrogens with zero attached hydrogens (tertiary/aromatic N) is 3. The highest BCUT2D eigenvalue weighted by atomic mass is 35.5. The van der Waals surface area contributed by atoms with Gasteiger partial charge in [0.1, 0.15) is 24.5 Å². The molecule has 3 aliphatic rings. The van der Waals surface area contributed by atoms with Crippen LogP contribution >= 0.6 is 35.0 Å². The summed E-state index contributed by atoms with van der Waals surface area (Å²) in [4.78, 5) is 19.8. The van der Waals surface area contributed by atoms with Crippen LogP contribution in [0, 0.1) is 5.92 Å². The van der Waals surface area contributed by atoms with Crippen molar-refractivity contribution >= 4 is 56.6 Å². The monoisotopic (exact) mass is 729 g/mol. The van der Waals surface area contributed by atoms with E-state index in [-0.39, 0.29) is 44.5 Å². The molecule has 2 aliphatic heterocycles. The van der Waals surface area contributed by atoms with Gasteiger partial charge in [0.05, 0.1) is 39.7 Å². The van der Waals surface area contributed by atoms with Crippen LogP contribution in [0.2, 0.25) is 10.0 Å². The molecule has 2 atom stereocenters. The van der Waals surface area contributed by atoms with Crippen molar-refractivity contribution < 1.29 is 40.9 Å². The number of anilines is 1. The zero-order valence-corrected chi connectivity index (χ0v) is 28.3. The lowest BCUT2D eigenvalue weighted by Gasteiger charge is -2.29. The van der Waals surface area contributed by atoms with Gasteiger partial charge in [0.25, 0.3) is 0 Å². The van der Waals surface area contributed by atoms with Crippen molar-refractivity contribution in [3.63, 3.8) is 0 Å². The highest BCUT2D eigenvalue weighted by molar-refractivity contribution is 8.00. The number of rotatable bonds is 12. The SMILES string of the molecule is CN1CCOc2ccc(S(=O)(=O)N3CSCC3C(=O)OC(Cc3c(Cl)cncc3Cl)c3ccc(OC(F)F)c(OCC4CC4)c3)cc21. The van der Waals surface area contributed by atoms with E-state index in [4.69, 9.17) is 37.4 Å². The number of carbonyl (C=O) groups is 1. The number of carbonyl (C=O) groups excluding carboxylic acids is 1. The minimum absolute atomic E-state index is 0.0210. The lowest BCUT2D eigenvalue weighted by molar-refractivity contribution is -0.152. The van der Waals surface area contributed by atoms with E-state index in [9.17, 15) is 22.0 Å². The third-order valence-electron chi connectivity index (χ3n) is 8.07. The fourth-order valence-corrected chi connectivity index (χ4v) is 8.93. The number of hydrogen-bond donors (Lipinski definition) is 0. The summed E-state index contributed by atoms with van der Waals surface area (Å²) < 4.78 is 77.6. The fraction of sp³-hybridized carbons (Fsp3) is 0.419. The van der Waals surface area contributed by atoms with Crippen molar-refractivity contribution in [2.45, 2.75) is 42.9 Å². The van der Waals surface area contributed by atoms with Gasteiger partial charge in [-0.3, -0.25) is 9.78 Å². The van der Waals surface area contributed by atoms with Gasteiger partial charge in [-0.15, -0.1) is 11.8 Å². The number of pyridine rings is 1. The van der Waals surface area contributed by atoms with Gasteiger partial charge in [-0.25, -0.2) is 8.42 Å². The van der Waals surface area contributed by atoms with E-state index in [0.717, 1.165) is 17.1 Å². The molecule has 1 aromatic heterocycles. The largest absolute Gasteiger partial charge is 0.490 e. The number of halogens is 4. The van der Waals surface area contributed by atoms with Crippen LogP contribution in [0.5, 0.6) is 17.2 Å². The molecule has 252 valence electrons. The summed E-state index contributed by atoms with van der Waals surface area (Å²) in [5.74, 6) is 0.188. The lowest BCUT2D eigenvalue weighted by atomic mass is 10.0. The third-order valence-corrected chi connectivity index (χ3v) is 11.8. The van der Waals surface area contributed by atoms with Crippen LogP contribution in [0.1, 0.15) is 30.1 Å². The Labute approximate surface area is 285 Å². The Balaban J connectivity index is 1.30. The Hall–Kier alpha value is -3.04. The standard InChI is InChI=1S/C31H31Cl2F2N3O7S2/c1-37-8-9-42-26-7-5-20(11-24(26)37)47(40,41)38-17-46-16-25(38)30(39)44-28(12-21-22(32)13-36-14-23(21)33)19-4-6-27(45-31(34)35)29(10-19)43-15-18-2-3-18/h4-7,10-11,13-14,18,25,28,31H,2-3,8-9,12,15-17H2,1H3. The fourth-order valence-electron chi connectivity index (χ4n) is 5.26. The number of fused-ring (bicyclic) bond motifs is 1. The summed E-state index contributed by atoms with van der Waals surface area (Å²) in [6.07, 6.45) is 3.65. The molecule has 3 heterocycles. The number of alkyl halides is 2. The number of benzene rings is 2. The molecule has 0 N–H and O–H groups in total. The van der Waals surface area contributed by atoms with Gasteiger partial charge >= 0.3 is 12.6 Å². The molecular weight excluding hydrogens is 699 g/mol. The second-order valence-electron chi connectivity index (χ2n) is 11.4. The molecule has 1 saturated heterocycles. The van der Waals surface area contributed by atoms with Gasteiger partial charge in [0.15, 0.2) is 11.5 Å². The zero-order chi connectivity index (χ0) is 33.3. The second kappa shape index (κ2) is 14.2. The van der Waals surface area contributed by atoms with Crippen LogP contribution < -0.4 is 19.1 Å². The van der Waals surface area contributed by atoms with Crippen LogP contribution in [0.4, 0.5) is 14.5 Å². The van der Waals surface area contributed by atoms with Gasteiger partial charge in [-0.2, -0.15) is 13.1 Å². The number of aromatic nitrogens is 1. The highest BCUT2D eigenvalue weighted by Crippen LogP contribution is 2.40. The molecule has 16 heteroatoms. The maximum Gasteiger partial charge on any atom is 0.387 e. The summed E-state index contributed by atoms with van der Waals surface area (Å²) in [6, 6.07) is 7.74. The lowest BCUT2D eigenvalue weighted by Crippen LogP contribution is -2.43. The Morgan fingerprint density at radius 3 is 2.62 bits per heavy atom. The molecule has 0 amide bonds. The molecule has 47 heavy (non-hydrogen) atoms. The van der Waals surface area contributed by atoms with Crippen LogP contribution in [-0.2, 0) is 26.0 Å². The van der Waals surface area contributed by atoms with Crippen molar-refractivity contribution in [1.29, 1.82) is 0 Å². The van der Waals surface area contributed by atoms with E-state index in [0.29, 0.717) is 48.2 Å². The molecular formula is C31H31Cl2F2N3O7S2. The van der Waals surface area contributed by atoms with E-state index >= 15 is 0 Å². The average Bonchev–Trinajstić information content (AvgIpc) is 3.73. The Kier molecular flexibility index (Phi) is 10.2. The topological polar surface area (TPSA) is 108 Å². The molecule has 2 aromatic carbocycles. The van der Waals surface area contributed by atoms with Crippen molar-refractivity contribution in [3.05, 3.63) is 70.0 Å². The first-order valence-electron chi connectivity index (χ1n) is 14.8. The number of thioether (sulfide) groups is 1. The third kappa shape index (κ3) is 7.67. The highest BCUT2D eigenvalue weighted by Gasteiger charge is 2.42. The Morgan fingerprint density at radius 2 is 1.89 bits per heavy atom.